The molecule has 4 bridgehead atoms. The molecule has 1 nitrogen and oxygen atoms in total. The van der Waals surface area contributed by atoms with E-state index in [1.165, 1.54) is 38.5 Å². The number of hydrogen-bond donors (Lipinski definition) is 0. The highest BCUT2D eigenvalue weighted by atomic mass is 16.5. The molecule has 0 amide bonds. The second-order valence-corrected chi connectivity index (χ2v) is 8.60. The van der Waals surface area contributed by atoms with Crippen LogP contribution in [0, 0.1) is 40.9 Å². The van der Waals surface area contributed by atoms with Gasteiger partial charge < -0.3 is 4.74 Å². The maximum absolute atomic E-state index is 6.74. The molecule has 4 aliphatic carbocycles. The molecule has 0 N–H and O–H groups in total. The molecule has 1 saturated heterocycles. The first-order valence-electron chi connectivity index (χ1n) is 8.31. The summed E-state index contributed by atoms with van der Waals surface area (Å²) >= 11 is 0. The molecular weight excluding hydrogens is 220 g/mol. The molecule has 5 aliphatic rings. The van der Waals surface area contributed by atoms with Crippen molar-refractivity contribution >= 4 is 0 Å². The summed E-state index contributed by atoms with van der Waals surface area (Å²) in [6.07, 6.45) is 10.2. The molecule has 100 valence electrons. The third-order valence-electron chi connectivity index (χ3n) is 7.71. The highest BCUT2D eigenvalue weighted by Crippen LogP contribution is 2.67. The molecule has 8 unspecified atom stereocenters. The number of hydrogen-bond acceptors (Lipinski definition) is 1. The summed E-state index contributed by atoms with van der Waals surface area (Å²) < 4.78 is 6.74. The van der Waals surface area contributed by atoms with Gasteiger partial charge in [0, 0.05) is 0 Å². The van der Waals surface area contributed by atoms with E-state index in [9.17, 15) is 0 Å². The van der Waals surface area contributed by atoms with E-state index in [2.05, 4.69) is 13.8 Å². The zero-order valence-corrected chi connectivity index (χ0v) is 11.8. The lowest BCUT2D eigenvalue weighted by atomic mass is 9.57. The summed E-state index contributed by atoms with van der Waals surface area (Å²) in [5.41, 5.74) is 0.563. The maximum Gasteiger partial charge on any atom is 0.0643 e. The minimum Gasteiger partial charge on any atom is -0.374 e. The lowest BCUT2D eigenvalue weighted by Gasteiger charge is -2.55. The van der Waals surface area contributed by atoms with Gasteiger partial charge in [0.05, 0.1) is 12.2 Å². The lowest BCUT2D eigenvalue weighted by molar-refractivity contribution is -0.207. The van der Waals surface area contributed by atoms with Crippen LogP contribution in [0.25, 0.3) is 0 Å². The molecule has 0 aromatic rings. The first-order chi connectivity index (χ1) is 8.66. The molecule has 0 aromatic carbocycles. The summed E-state index contributed by atoms with van der Waals surface area (Å²) in [6, 6.07) is 0. The van der Waals surface area contributed by atoms with Crippen LogP contribution in [0.5, 0.6) is 0 Å². The first-order valence-corrected chi connectivity index (χ1v) is 8.31. The van der Waals surface area contributed by atoms with E-state index >= 15 is 0 Å². The zero-order chi connectivity index (χ0) is 12.1. The van der Waals surface area contributed by atoms with Gasteiger partial charge in [0.1, 0.15) is 0 Å². The van der Waals surface area contributed by atoms with Crippen molar-refractivity contribution in [2.45, 2.75) is 64.6 Å². The van der Waals surface area contributed by atoms with Crippen molar-refractivity contribution in [1.29, 1.82) is 0 Å². The second kappa shape index (κ2) is 3.16. The second-order valence-electron chi connectivity index (χ2n) is 8.60. The van der Waals surface area contributed by atoms with Crippen molar-refractivity contribution in [1.82, 2.24) is 0 Å². The standard InChI is InChI=1S/C17H26O/c1-17(2)13-9-3-5-11(7-9)15(13)18-16-12-6-4-10(8-12)14(16)17/h9-16H,3-8H2,1-2H3. The highest BCUT2D eigenvalue weighted by molar-refractivity contribution is 5.13. The number of ether oxygens (including phenoxy) is 1. The van der Waals surface area contributed by atoms with Crippen LogP contribution in [-0.2, 0) is 4.74 Å². The van der Waals surface area contributed by atoms with Gasteiger partial charge in [0.25, 0.3) is 0 Å². The first kappa shape index (κ1) is 10.7. The molecule has 0 radical (unpaired) electrons. The predicted molar refractivity (Wildman–Crippen MR) is 71.1 cm³/mol. The third-order valence-corrected chi connectivity index (χ3v) is 7.71. The summed E-state index contributed by atoms with van der Waals surface area (Å²) in [5, 5.41) is 0. The number of fused-ring (bicyclic) bond motifs is 10. The molecule has 4 saturated carbocycles. The van der Waals surface area contributed by atoms with Gasteiger partial charge in [-0.3, -0.25) is 0 Å². The topological polar surface area (TPSA) is 9.23 Å². The van der Waals surface area contributed by atoms with Crippen molar-refractivity contribution in [2.75, 3.05) is 0 Å². The SMILES string of the molecule is CC1(C)C2C3CCC(C3)C2OC2C3CCC(C3)C21. The zero-order valence-electron chi connectivity index (χ0n) is 11.8. The maximum atomic E-state index is 6.74. The highest BCUT2D eigenvalue weighted by Gasteiger charge is 2.65. The van der Waals surface area contributed by atoms with Gasteiger partial charge in [-0.2, -0.15) is 0 Å². The predicted octanol–water partition coefficient (Wildman–Crippen LogP) is 3.87. The molecule has 1 heterocycles. The van der Waals surface area contributed by atoms with Crippen LogP contribution in [0.15, 0.2) is 0 Å². The molecule has 1 heteroatoms. The molecule has 18 heavy (non-hydrogen) atoms. The van der Waals surface area contributed by atoms with Gasteiger partial charge in [0.15, 0.2) is 0 Å². The van der Waals surface area contributed by atoms with Crippen molar-refractivity contribution in [3.8, 4) is 0 Å². The Morgan fingerprint density at radius 2 is 1.17 bits per heavy atom. The van der Waals surface area contributed by atoms with Gasteiger partial charge >= 0.3 is 0 Å². The Kier molecular flexibility index (Phi) is 1.88. The Labute approximate surface area is 111 Å². The average Bonchev–Trinajstić information content (AvgIpc) is 3.07. The largest absolute Gasteiger partial charge is 0.374 e. The van der Waals surface area contributed by atoms with Crippen LogP contribution in [0.1, 0.15) is 52.4 Å². The Balaban J connectivity index is 1.58. The quantitative estimate of drug-likeness (QED) is 0.630. The Hall–Kier alpha value is -0.0400. The third kappa shape index (κ3) is 1.06. The van der Waals surface area contributed by atoms with Crippen molar-refractivity contribution < 1.29 is 4.74 Å². The lowest BCUT2D eigenvalue weighted by Crippen LogP contribution is -2.56. The van der Waals surface area contributed by atoms with E-state index in [1.54, 1.807) is 0 Å². The van der Waals surface area contributed by atoms with Crippen LogP contribution >= 0.6 is 0 Å². The van der Waals surface area contributed by atoms with Crippen molar-refractivity contribution in [2.24, 2.45) is 40.9 Å². The molecular formula is C17H26O. The Bertz CT molecular complexity index is 353. The van der Waals surface area contributed by atoms with Gasteiger partial charge in [0.2, 0.25) is 0 Å². The molecule has 1 aliphatic heterocycles. The molecule has 5 fully saturated rings. The normalized spacial score (nSPS) is 63.0. The van der Waals surface area contributed by atoms with Crippen LogP contribution < -0.4 is 0 Å². The Morgan fingerprint density at radius 1 is 0.722 bits per heavy atom. The van der Waals surface area contributed by atoms with Crippen LogP contribution in [0.4, 0.5) is 0 Å². The van der Waals surface area contributed by atoms with E-state index in [1.807, 2.05) is 0 Å². The van der Waals surface area contributed by atoms with E-state index in [-0.39, 0.29) is 0 Å². The molecule has 0 spiro atoms. The number of rotatable bonds is 0. The van der Waals surface area contributed by atoms with Crippen molar-refractivity contribution in [3.05, 3.63) is 0 Å². The monoisotopic (exact) mass is 246 g/mol. The minimum atomic E-state index is 0.563. The van der Waals surface area contributed by atoms with E-state index in [0.717, 1.165) is 35.5 Å². The average molecular weight is 246 g/mol. The summed E-state index contributed by atoms with van der Waals surface area (Å²) in [5.74, 6) is 5.68. The van der Waals surface area contributed by atoms with Crippen LogP contribution in [-0.4, -0.2) is 12.2 Å². The summed E-state index contributed by atoms with van der Waals surface area (Å²) in [4.78, 5) is 0. The fourth-order valence-electron chi connectivity index (χ4n) is 7.33. The summed E-state index contributed by atoms with van der Waals surface area (Å²) in [6.45, 7) is 5.21. The van der Waals surface area contributed by atoms with Gasteiger partial charge in [-0.15, -0.1) is 0 Å². The fraction of sp³-hybridized carbons (Fsp3) is 1.00. The minimum absolute atomic E-state index is 0.563. The van der Waals surface area contributed by atoms with Gasteiger partial charge in [-0.05, 0) is 79.4 Å². The van der Waals surface area contributed by atoms with Crippen LogP contribution in [0.3, 0.4) is 0 Å². The van der Waals surface area contributed by atoms with E-state index in [4.69, 9.17) is 4.74 Å². The molecule has 0 aromatic heterocycles. The Morgan fingerprint density at radius 3 is 1.67 bits per heavy atom. The van der Waals surface area contributed by atoms with Gasteiger partial charge in [-0.1, -0.05) is 13.8 Å². The molecule has 5 rings (SSSR count). The smallest absolute Gasteiger partial charge is 0.0643 e. The van der Waals surface area contributed by atoms with E-state index in [0.29, 0.717) is 17.6 Å². The van der Waals surface area contributed by atoms with Gasteiger partial charge in [-0.25, -0.2) is 0 Å². The van der Waals surface area contributed by atoms with Crippen LogP contribution in [0.2, 0.25) is 0 Å². The fourth-order valence-corrected chi connectivity index (χ4v) is 7.33. The summed E-state index contributed by atoms with van der Waals surface area (Å²) in [7, 11) is 0. The van der Waals surface area contributed by atoms with E-state index < -0.39 is 0 Å². The van der Waals surface area contributed by atoms with Crippen molar-refractivity contribution in [3.63, 3.8) is 0 Å². The molecule has 8 atom stereocenters.